The predicted octanol–water partition coefficient (Wildman–Crippen LogP) is 3.26. The molecule has 0 bridgehead atoms. The van der Waals surface area contributed by atoms with Gasteiger partial charge in [0, 0.05) is 13.1 Å². The Morgan fingerprint density at radius 1 is 1.15 bits per heavy atom. The number of ether oxygens (including phenoxy) is 2. The summed E-state index contributed by atoms with van der Waals surface area (Å²) in [5.41, 5.74) is 1.52. The minimum Gasteiger partial charge on any atom is -0.419 e. The molecule has 40 heavy (non-hydrogen) atoms. The van der Waals surface area contributed by atoms with Gasteiger partial charge in [0.25, 0.3) is 5.91 Å². The average molecular weight is 631 g/mol. The fourth-order valence-corrected chi connectivity index (χ4v) is 3.99. The summed E-state index contributed by atoms with van der Waals surface area (Å²) in [6, 6.07) is 8.66. The fraction of sp³-hybridized carbons (Fsp3) is 0.261. The van der Waals surface area contributed by atoms with Crippen molar-refractivity contribution < 1.29 is 46.5 Å². The molecule has 1 aromatic heterocycles. The lowest BCUT2D eigenvalue weighted by atomic mass is 10.1. The van der Waals surface area contributed by atoms with Gasteiger partial charge in [-0.25, -0.2) is 18.8 Å². The summed E-state index contributed by atoms with van der Waals surface area (Å²) in [6.45, 7) is 1.11. The Bertz CT molecular complexity index is 1410. The zero-order chi connectivity index (χ0) is 28.9. The normalized spacial score (nSPS) is 15.4. The Hall–Kier alpha value is -3.93. The van der Waals surface area contributed by atoms with Crippen molar-refractivity contribution in [2.75, 3.05) is 26.3 Å². The maximum absolute atomic E-state index is 13.6. The van der Waals surface area contributed by atoms with Crippen LogP contribution in [0.3, 0.4) is 0 Å². The van der Waals surface area contributed by atoms with E-state index in [1.807, 2.05) is 5.48 Å². The van der Waals surface area contributed by atoms with E-state index < -0.39 is 35.8 Å². The molecule has 3 aromatic rings. The molecule has 4 rings (SSSR count). The number of esters is 1. The number of hydroxylamine groups is 1. The van der Waals surface area contributed by atoms with Crippen molar-refractivity contribution >= 4 is 39.3 Å². The minimum absolute atomic E-state index is 0.0403. The van der Waals surface area contributed by atoms with E-state index in [1.54, 1.807) is 4.90 Å². The van der Waals surface area contributed by atoms with Crippen molar-refractivity contribution in [2.45, 2.75) is 12.3 Å². The molecule has 212 valence electrons. The van der Waals surface area contributed by atoms with Gasteiger partial charge in [-0.2, -0.15) is 13.2 Å². The van der Waals surface area contributed by atoms with Crippen LogP contribution in [0.4, 0.5) is 23.2 Å². The van der Waals surface area contributed by atoms with Crippen LogP contribution in [-0.2, 0) is 9.53 Å². The predicted molar refractivity (Wildman–Crippen MR) is 130 cm³/mol. The van der Waals surface area contributed by atoms with Crippen molar-refractivity contribution in [3.05, 3.63) is 69.7 Å². The highest BCUT2D eigenvalue weighted by Gasteiger charge is 2.42. The number of benzene rings is 2. The van der Waals surface area contributed by atoms with E-state index in [-0.39, 0.29) is 59.3 Å². The quantitative estimate of drug-likeness (QED) is 0.0886. The smallest absolute Gasteiger partial charge is 0.419 e. The standard InChI is InChI=1S/C23H19BrF4N6O6/c24-14-11-12(5-6-15(14)25)29-19(31-37)17-18(33-40-32-17)20(34-7-9-38-10-8-34)30-21(35)13-3-1-2-4-16(13)39-22(36)23(26,27)28/h1-6,11,20,37H,7-10H2,(H,29,31)(H,30,35). The molecule has 1 amide bonds. The third-order valence-corrected chi connectivity index (χ3v) is 6.10. The van der Waals surface area contributed by atoms with Gasteiger partial charge in [-0.15, -0.1) is 0 Å². The molecule has 1 aliphatic rings. The Labute approximate surface area is 231 Å². The Kier molecular flexibility index (Phi) is 9.08. The maximum Gasteiger partial charge on any atom is 0.491 e. The van der Waals surface area contributed by atoms with Crippen LogP contribution in [0.1, 0.15) is 27.9 Å². The number of morpholine rings is 1. The molecule has 1 unspecified atom stereocenters. The molecule has 17 heteroatoms. The zero-order valence-corrected chi connectivity index (χ0v) is 21.7. The van der Waals surface area contributed by atoms with Crippen LogP contribution in [0.15, 0.2) is 56.6 Å². The highest BCUT2D eigenvalue weighted by molar-refractivity contribution is 9.10. The summed E-state index contributed by atoms with van der Waals surface area (Å²) in [4.78, 5) is 30.6. The lowest BCUT2D eigenvalue weighted by Crippen LogP contribution is -2.47. The Balaban J connectivity index is 1.69. The maximum atomic E-state index is 13.6. The molecular formula is C23H19BrF4N6O6. The van der Waals surface area contributed by atoms with Gasteiger partial charge in [-0.1, -0.05) is 17.3 Å². The molecule has 1 atom stereocenters. The first kappa shape index (κ1) is 29.1. The van der Waals surface area contributed by atoms with E-state index in [0.717, 1.165) is 12.1 Å². The van der Waals surface area contributed by atoms with E-state index >= 15 is 0 Å². The van der Waals surface area contributed by atoms with Crippen LogP contribution in [-0.4, -0.2) is 70.6 Å². The van der Waals surface area contributed by atoms with Crippen molar-refractivity contribution in [3.8, 4) is 5.75 Å². The van der Waals surface area contributed by atoms with Crippen molar-refractivity contribution in [3.63, 3.8) is 0 Å². The first-order chi connectivity index (χ1) is 19.1. The van der Waals surface area contributed by atoms with Gasteiger partial charge in [0.15, 0.2) is 17.2 Å². The molecule has 2 aromatic carbocycles. The monoisotopic (exact) mass is 630 g/mol. The van der Waals surface area contributed by atoms with Gasteiger partial charge < -0.3 is 14.8 Å². The third kappa shape index (κ3) is 6.79. The lowest BCUT2D eigenvalue weighted by molar-refractivity contribution is -0.189. The number of rotatable bonds is 7. The first-order valence-electron chi connectivity index (χ1n) is 11.4. The molecular weight excluding hydrogens is 612 g/mol. The number of carbonyl (C=O) groups excluding carboxylic acids is 2. The van der Waals surface area contributed by atoms with E-state index in [4.69, 9.17) is 9.37 Å². The number of alkyl halides is 3. The third-order valence-electron chi connectivity index (χ3n) is 5.49. The summed E-state index contributed by atoms with van der Waals surface area (Å²) in [5.74, 6) is -4.86. The van der Waals surface area contributed by atoms with E-state index in [1.165, 1.54) is 30.3 Å². The molecule has 3 N–H and O–H groups in total. The van der Waals surface area contributed by atoms with Crippen LogP contribution in [0.5, 0.6) is 5.75 Å². The number of nitrogens with one attached hydrogen (secondary N) is 2. The molecule has 0 spiro atoms. The summed E-state index contributed by atoms with van der Waals surface area (Å²) >= 11 is 3.04. The average Bonchev–Trinajstić information content (AvgIpc) is 3.42. The fourth-order valence-electron chi connectivity index (χ4n) is 3.62. The lowest BCUT2D eigenvalue weighted by Gasteiger charge is -2.33. The molecule has 1 saturated heterocycles. The van der Waals surface area contributed by atoms with E-state index in [0.29, 0.717) is 0 Å². The van der Waals surface area contributed by atoms with E-state index in [2.05, 4.69) is 41.3 Å². The largest absolute Gasteiger partial charge is 0.491 e. The summed E-state index contributed by atoms with van der Waals surface area (Å²) in [7, 11) is 0. The number of nitrogens with zero attached hydrogens (tertiary/aromatic N) is 4. The SMILES string of the molecule is O=C(NC(c1nonc1C(=Nc1ccc(F)c(Br)c1)NO)N1CCOCC1)c1ccccc1OC(=O)C(F)(F)F. The van der Waals surface area contributed by atoms with Crippen molar-refractivity contribution in [2.24, 2.45) is 4.99 Å². The molecule has 0 saturated carbocycles. The van der Waals surface area contributed by atoms with Crippen LogP contribution < -0.4 is 15.5 Å². The van der Waals surface area contributed by atoms with Gasteiger partial charge in [-0.05, 0) is 51.4 Å². The summed E-state index contributed by atoms with van der Waals surface area (Å²) < 4.78 is 66.7. The van der Waals surface area contributed by atoms with Crippen molar-refractivity contribution in [1.29, 1.82) is 0 Å². The molecule has 12 nitrogen and oxygen atoms in total. The van der Waals surface area contributed by atoms with E-state index in [9.17, 15) is 32.4 Å². The molecule has 1 fully saturated rings. The number of para-hydroxylation sites is 1. The molecule has 1 aliphatic heterocycles. The number of amides is 1. The number of amidine groups is 1. The van der Waals surface area contributed by atoms with Gasteiger partial charge in [-0.3, -0.25) is 20.4 Å². The van der Waals surface area contributed by atoms with Gasteiger partial charge in [0.05, 0.1) is 28.9 Å². The van der Waals surface area contributed by atoms with Gasteiger partial charge in [0.1, 0.15) is 17.7 Å². The summed E-state index contributed by atoms with van der Waals surface area (Å²) in [6.07, 6.45) is -6.41. The molecule has 2 heterocycles. The topological polar surface area (TPSA) is 151 Å². The minimum atomic E-state index is -5.28. The number of hydrogen-bond acceptors (Lipinski definition) is 10. The second-order valence-electron chi connectivity index (χ2n) is 8.08. The van der Waals surface area contributed by atoms with Crippen LogP contribution in [0.25, 0.3) is 0 Å². The van der Waals surface area contributed by atoms with Crippen LogP contribution in [0.2, 0.25) is 0 Å². The highest BCUT2D eigenvalue weighted by Crippen LogP contribution is 2.27. The number of aliphatic imine (C=N–C) groups is 1. The second kappa shape index (κ2) is 12.5. The van der Waals surface area contributed by atoms with Gasteiger partial charge in [0.2, 0.25) is 0 Å². The van der Waals surface area contributed by atoms with Crippen LogP contribution in [0, 0.1) is 5.82 Å². The molecule has 0 aliphatic carbocycles. The number of aromatic nitrogens is 2. The Morgan fingerprint density at radius 3 is 2.55 bits per heavy atom. The number of halogens is 5. The number of carbonyl (C=O) groups is 2. The summed E-state index contributed by atoms with van der Waals surface area (Å²) in [5, 5.41) is 20.1. The van der Waals surface area contributed by atoms with Crippen molar-refractivity contribution in [1.82, 2.24) is 26.0 Å². The Morgan fingerprint density at radius 2 is 1.88 bits per heavy atom. The molecule has 0 radical (unpaired) electrons. The number of hydrogen-bond donors (Lipinski definition) is 3. The highest BCUT2D eigenvalue weighted by atomic mass is 79.9. The van der Waals surface area contributed by atoms with Crippen LogP contribution >= 0.6 is 15.9 Å². The zero-order valence-electron chi connectivity index (χ0n) is 20.1. The van der Waals surface area contributed by atoms with Gasteiger partial charge >= 0.3 is 12.1 Å². The second-order valence-corrected chi connectivity index (χ2v) is 8.93. The first-order valence-corrected chi connectivity index (χ1v) is 12.1.